The van der Waals surface area contributed by atoms with Crippen molar-refractivity contribution in [2.45, 2.75) is 94.6 Å². The van der Waals surface area contributed by atoms with E-state index < -0.39 is 58.1 Å². The fourth-order valence-electron chi connectivity index (χ4n) is 7.96. The molecule has 6 aliphatic rings. The van der Waals surface area contributed by atoms with E-state index >= 15 is 0 Å². The molecule has 0 aromatic rings. The number of carbonyl (C=O) groups is 3. The van der Waals surface area contributed by atoms with Gasteiger partial charge in [0.1, 0.15) is 24.4 Å². The number of ether oxygens (including phenoxy) is 5. The average molecular weight is 545 g/mol. The molecule has 39 heavy (non-hydrogen) atoms. The lowest BCUT2D eigenvalue weighted by atomic mass is 9.51. The Morgan fingerprint density at radius 2 is 1.85 bits per heavy atom. The van der Waals surface area contributed by atoms with Crippen LogP contribution in [0.25, 0.3) is 0 Å². The van der Waals surface area contributed by atoms with Gasteiger partial charge in [0.05, 0.1) is 36.9 Å². The highest BCUT2D eigenvalue weighted by atomic mass is 16.6. The SMILES string of the molecule is CC(=O)[C@]12OCCC(=CC(=O)OC[C@]34CCC(C)=C[C@H]3O[C@@H]3C[C@@H](OC(=O)C=CC[C@@H]1O)[C@@]4(C)[C@]31CO1)[C@H]2O. The third-order valence-corrected chi connectivity index (χ3v) is 10.4. The van der Waals surface area contributed by atoms with Crippen LogP contribution in [-0.2, 0) is 38.1 Å². The Kier molecular flexibility index (Phi) is 6.24. The third-order valence-electron chi connectivity index (χ3n) is 10.4. The van der Waals surface area contributed by atoms with Crippen molar-refractivity contribution >= 4 is 17.7 Å². The molecule has 2 spiro atoms. The van der Waals surface area contributed by atoms with Gasteiger partial charge in [0.25, 0.3) is 0 Å². The zero-order valence-corrected chi connectivity index (χ0v) is 22.5. The Morgan fingerprint density at radius 3 is 2.56 bits per heavy atom. The number of fused-ring (bicyclic) bond motifs is 2. The minimum absolute atomic E-state index is 0.00461. The van der Waals surface area contributed by atoms with Crippen LogP contribution in [0.2, 0.25) is 0 Å². The molecule has 0 aromatic heterocycles. The van der Waals surface area contributed by atoms with Gasteiger partial charge in [0.2, 0.25) is 0 Å². The maximum atomic E-state index is 13.2. The van der Waals surface area contributed by atoms with E-state index in [1.54, 1.807) is 0 Å². The number of carbonyl (C=O) groups excluding carboxylic acids is 3. The Labute approximate surface area is 226 Å². The zero-order chi connectivity index (χ0) is 27.8. The van der Waals surface area contributed by atoms with E-state index in [-0.39, 0.29) is 43.8 Å². The van der Waals surface area contributed by atoms with E-state index in [0.29, 0.717) is 19.4 Å². The lowest BCUT2D eigenvalue weighted by Crippen LogP contribution is -2.66. The number of hydrogen-bond acceptors (Lipinski definition) is 10. The number of aliphatic hydroxyl groups excluding tert-OH is 2. The number of hydrogen-bond donors (Lipinski definition) is 2. The van der Waals surface area contributed by atoms with Gasteiger partial charge in [-0.25, -0.2) is 9.59 Å². The third kappa shape index (κ3) is 3.61. The van der Waals surface area contributed by atoms with Gasteiger partial charge in [-0.3, -0.25) is 4.79 Å². The average Bonchev–Trinajstić information content (AvgIpc) is 3.66. The normalized spacial score (nSPS) is 47.5. The Morgan fingerprint density at radius 1 is 1.08 bits per heavy atom. The summed E-state index contributed by atoms with van der Waals surface area (Å²) in [6, 6.07) is 0. The largest absolute Gasteiger partial charge is 0.462 e. The minimum Gasteiger partial charge on any atom is -0.462 e. The van der Waals surface area contributed by atoms with Crippen LogP contribution in [0.5, 0.6) is 0 Å². The fraction of sp³-hybridized carbons (Fsp3) is 0.690. The molecule has 2 aliphatic carbocycles. The highest BCUT2D eigenvalue weighted by Gasteiger charge is 2.83. The van der Waals surface area contributed by atoms with Crippen LogP contribution in [0.3, 0.4) is 0 Å². The molecular weight excluding hydrogens is 508 g/mol. The van der Waals surface area contributed by atoms with Crippen molar-refractivity contribution in [2.75, 3.05) is 19.8 Å². The van der Waals surface area contributed by atoms with Gasteiger partial charge in [-0.1, -0.05) is 24.6 Å². The molecule has 212 valence electrons. The lowest BCUT2D eigenvalue weighted by Gasteiger charge is -2.58. The minimum atomic E-state index is -1.97. The van der Waals surface area contributed by atoms with Crippen molar-refractivity contribution in [3.8, 4) is 0 Å². The number of esters is 2. The fourth-order valence-corrected chi connectivity index (χ4v) is 7.96. The highest BCUT2D eigenvalue weighted by molar-refractivity contribution is 5.89. The van der Waals surface area contributed by atoms with Crippen molar-refractivity contribution in [2.24, 2.45) is 10.8 Å². The van der Waals surface area contributed by atoms with E-state index in [1.807, 2.05) is 0 Å². The molecule has 3 saturated heterocycles. The Hall–Kier alpha value is -2.37. The standard InChI is InChI=1S/C29H36O10/c1-16-7-9-27-14-35-24(33)12-18-8-10-36-29(17(2)30,25(18)34)19(31)5-4-6-23(32)39-20-13-22(38-21(27)11-16)28(15-37-28)26(20,27)3/h4,6,11-12,19-22,25,31,34H,5,7-10,13-15H2,1-3H3/t19-,20+,21+,22+,25+,26+,27+,28-,29-/m0/s1. The van der Waals surface area contributed by atoms with E-state index in [1.165, 1.54) is 30.7 Å². The number of Topliss-reactive ketones (excluding diaryl/α,β-unsaturated/α-hetero) is 1. The second-order valence-electron chi connectivity index (χ2n) is 12.1. The summed E-state index contributed by atoms with van der Waals surface area (Å²) in [4.78, 5) is 39.0. The predicted molar refractivity (Wildman–Crippen MR) is 134 cm³/mol. The first-order chi connectivity index (χ1) is 18.5. The van der Waals surface area contributed by atoms with Gasteiger partial charge in [-0.15, -0.1) is 0 Å². The zero-order valence-electron chi connectivity index (χ0n) is 22.5. The van der Waals surface area contributed by atoms with Gasteiger partial charge in [-0.2, -0.15) is 0 Å². The van der Waals surface area contributed by atoms with Crippen molar-refractivity contribution in [1.29, 1.82) is 0 Å². The second kappa shape index (κ2) is 9.07. The number of aliphatic hydroxyl groups is 2. The first kappa shape index (κ1) is 26.8. The lowest BCUT2D eigenvalue weighted by molar-refractivity contribution is -0.232. The van der Waals surface area contributed by atoms with Crippen molar-refractivity contribution in [1.82, 2.24) is 0 Å². The van der Waals surface area contributed by atoms with Crippen LogP contribution >= 0.6 is 0 Å². The summed E-state index contributed by atoms with van der Waals surface area (Å²) in [5.41, 5.74) is -2.60. The van der Waals surface area contributed by atoms with Gasteiger partial charge < -0.3 is 33.9 Å². The second-order valence-corrected chi connectivity index (χ2v) is 12.1. The van der Waals surface area contributed by atoms with Gasteiger partial charge in [0.15, 0.2) is 11.4 Å². The number of epoxide rings is 1. The summed E-state index contributed by atoms with van der Waals surface area (Å²) >= 11 is 0. The van der Waals surface area contributed by atoms with Gasteiger partial charge in [-0.05, 0) is 45.1 Å². The first-order valence-electron chi connectivity index (χ1n) is 13.7. The number of ketones is 1. The van der Waals surface area contributed by atoms with Crippen molar-refractivity contribution < 1.29 is 48.3 Å². The summed E-state index contributed by atoms with van der Waals surface area (Å²) in [6.45, 7) is 5.82. The molecule has 4 bridgehead atoms. The number of cyclic esters (lactones) is 1. The Balaban J connectivity index is 1.43. The van der Waals surface area contributed by atoms with Crippen LogP contribution in [0.15, 0.2) is 35.5 Å². The molecule has 0 amide bonds. The molecule has 10 heteroatoms. The predicted octanol–water partition coefficient (Wildman–Crippen LogP) is 1.47. The monoisotopic (exact) mass is 544 g/mol. The summed E-state index contributed by atoms with van der Waals surface area (Å²) in [7, 11) is 0. The Bertz CT molecular complexity index is 1180. The van der Waals surface area contributed by atoms with E-state index in [2.05, 4.69) is 19.9 Å². The molecule has 0 unspecified atom stereocenters. The highest BCUT2D eigenvalue weighted by Crippen LogP contribution is 2.72. The van der Waals surface area contributed by atoms with Crippen LogP contribution in [0.1, 0.15) is 52.9 Å². The van der Waals surface area contributed by atoms with E-state index in [9.17, 15) is 24.6 Å². The van der Waals surface area contributed by atoms with Crippen molar-refractivity contribution in [3.05, 3.63) is 35.5 Å². The van der Waals surface area contributed by atoms with Crippen LogP contribution in [0, 0.1) is 10.8 Å². The molecule has 6 rings (SSSR count). The molecule has 10 nitrogen and oxygen atoms in total. The van der Waals surface area contributed by atoms with E-state index in [4.69, 9.17) is 23.7 Å². The first-order valence-corrected chi connectivity index (χ1v) is 13.7. The number of allylic oxidation sites excluding steroid dienone is 1. The van der Waals surface area contributed by atoms with Crippen LogP contribution in [0.4, 0.5) is 0 Å². The van der Waals surface area contributed by atoms with Crippen molar-refractivity contribution in [3.63, 3.8) is 0 Å². The molecule has 0 radical (unpaired) electrons. The smallest absolute Gasteiger partial charge is 0.330 e. The topological polar surface area (TPSA) is 141 Å². The molecule has 0 aromatic carbocycles. The molecule has 1 saturated carbocycles. The molecule has 9 atom stereocenters. The maximum absolute atomic E-state index is 13.2. The molecule has 2 N–H and O–H groups in total. The maximum Gasteiger partial charge on any atom is 0.330 e. The summed E-state index contributed by atoms with van der Waals surface area (Å²) in [6.07, 6.45) is 3.64. The summed E-state index contributed by atoms with van der Waals surface area (Å²) in [5.74, 6) is -1.86. The summed E-state index contributed by atoms with van der Waals surface area (Å²) in [5, 5.41) is 22.2. The van der Waals surface area contributed by atoms with Gasteiger partial charge in [0, 0.05) is 24.0 Å². The van der Waals surface area contributed by atoms with E-state index in [0.717, 1.165) is 6.42 Å². The van der Waals surface area contributed by atoms with Crippen LogP contribution < -0.4 is 0 Å². The summed E-state index contributed by atoms with van der Waals surface area (Å²) < 4.78 is 30.4. The van der Waals surface area contributed by atoms with Gasteiger partial charge >= 0.3 is 11.9 Å². The molecular formula is C29H36O10. The molecule has 4 heterocycles. The quantitative estimate of drug-likeness (QED) is 0.283. The van der Waals surface area contributed by atoms with Crippen LogP contribution in [-0.4, -0.2) is 89.5 Å². The molecule has 4 fully saturated rings. The number of rotatable bonds is 1. The molecule has 4 aliphatic heterocycles.